The molecular formula is C26H34O. The summed E-state index contributed by atoms with van der Waals surface area (Å²) < 4.78 is 5.62. The fraction of sp³-hybridized carbons (Fsp3) is 0.462. The molecule has 0 amide bonds. The van der Waals surface area contributed by atoms with Crippen molar-refractivity contribution in [2.24, 2.45) is 5.92 Å². The maximum atomic E-state index is 5.62. The van der Waals surface area contributed by atoms with E-state index < -0.39 is 0 Å². The van der Waals surface area contributed by atoms with Crippen molar-refractivity contribution >= 4 is 0 Å². The summed E-state index contributed by atoms with van der Waals surface area (Å²) in [6.45, 7) is 5.81. The lowest BCUT2D eigenvalue weighted by molar-refractivity contribution is 0.121. The molecule has 3 rings (SSSR count). The van der Waals surface area contributed by atoms with Crippen LogP contribution in [0.15, 0.2) is 60.7 Å². The molecule has 0 saturated heterocycles. The van der Waals surface area contributed by atoms with Gasteiger partial charge in [-0.25, -0.2) is 0 Å². The predicted molar refractivity (Wildman–Crippen MR) is 116 cm³/mol. The van der Waals surface area contributed by atoms with Crippen LogP contribution in [0.25, 0.3) is 11.1 Å². The molecule has 27 heavy (non-hydrogen) atoms. The first kappa shape index (κ1) is 19.9. The third-order valence-corrected chi connectivity index (χ3v) is 5.84. The molecule has 144 valence electrons. The normalized spacial score (nSPS) is 20.2. The van der Waals surface area contributed by atoms with Crippen LogP contribution in [0.2, 0.25) is 0 Å². The molecule has 1 aliphatic carbocycles. The van der Waals surface area contributed by atoms with Crippen molar-refractivity contribution in [2.75, 3.05) is 6.61 Å². The Balaban J connectivity index is 1.56. The van der Waals surface area contributed by atoms with Gasteiger partial charge in [-0.2, -0.15) is 0 Å². The average Bonchev–Trinajstić information content (AvgIpc) is 2.73. The largest absolute Gasteiger partial charge is 0.377 e. The molecule has 0 aromatic heterocycles. The molecule has 0 heterocycles. The molecule has 2 aromatic carbocycles. The second kappa shape index (κ2) is 10.5. The van der Waals surface area contributed by atoms with Gasteiger partial charge in [0, 0.05) is 6.61 Å². The third-order valence-electron chi connectivity index (χ3n) is 5.84. The van der Waals surface area contributed by atoms with Crippen LogP contribution in [-0.2, 0) is 11.3 Å². The quantitative estimate of drug-likeness (QED) is 0.348. The molecule has 0 bridgehead atoms. The van der Waals surface area contributed by atoms with Crippen LogP contribution in [0.5, 0.6) is 0 Å². The standard InChI is InChI=1S/C26H34O/c1-3-5-6-21-7-11-23(12-8-21)25-15-17-26(18-16-25)24-13-9-22(10-14-24)20-27-19-4-2/h3,5,9-10,13-18,21,23H,4,6-8,11-12,19-20H2,1-2H3/b5-3+. The van der Waals surface area contributed by atoms with Gasteiger partial charge >= 0.3 is 0 Å². The van der Waals surface area contributed by atoms with Gasteiger partial charge in [-0.15, -0.1) is 0 Å². The summed E-state index contributed by atoms with van der Waals surface area (Å²) in [6, 6.07) is 18.1. The molecule has 1 saturated carbocycles. The number of allylic oxidation sites excluding steroid dienone is 2. The second-order valence-electron chi connectivity index (χ2n) is 7.89. The molecule has 2 aromatic rings. The molecular weight excluding hydrogens is 328 g/mol. The van der Waals surface area contributed by atoms with Gasteiger partial charge in [-0.1, -0.05) is 67.6 Å². The van der Waals surface area contributed by atoms with Gasteiger partial charge in [0.15, 0.2) is 0 Å². The van der Waals surface area contributed by atoms with Gasteiger partial charge in [-0.05, 0) is 79.5 Å². The number of benzene rings is 2. The highest BCUT2D eigenvalue weighted by Crippen LogP contribution is 2.37. The van der Waals surface area contributed by atoms with Crippen LogP contribution in [-0.4, -0.2) is 6.61 Å². The molecule has 1 aliphatic rings. The molecule has 0 N–H and O–H groups in total. The Morgan fingerprint density at radius 1 is 0.889 bits per heavy atom. The van der Waals surface area contributed by atoms with E-state index in [-0.39, 0.29) is 0 Å². The highest BCUT2D eigenvalue weighted by Gasteiger charge is 2.21. The van der Waals surface area contributed by atoms with Crippen LogP contribution in [0, 0.1) is 5.92 Å². The van der Waals surface area contributed by atoms with Crippen LogP contribution < -0.4 is 0 Å². The summed E-state index contributed by atoms with van der Waals surface area (Å²) >= 11 is 0. The second-order valence-corrected chi connectivity index (χ2v) is 7.89. The lowest BCUT2D eigenvalue weighted by atomic mass is 9.77. The number of hydrogen-bond donors (Lipinski definition) is 0. The van der Waals surface area contributed by atoms with E-state index in [0.717, 1.165) is 24.9 Å². The van der Waals surface area contributed by atoms with E-state index in [4.69, 9.17) is 4.74 Å². The minimum Gasteiger partial charge on any atom is -0.377 e. The van der Waals surface area contributed by atoms with E-state index in [2.05, 4.69) is 74.5 Å². The van der Waals surface area contributed by atoms with Gasteiger partial charge in [0.05, 0.1) is 6.61 Å². The smallest absolute Gasteiger partial charge is 0.0716 e. The summed E-state index contributed by atoms with van der Waals surface area (Å²) in [5, 5.41) is 0. The van der Waals surface area contributed by atoms with E-state index in [0.29, 0.717) is 6.61 Å². The Hall–Kier alpha value is -1.86. The van der Waals surface area contributed by atoms with Crippen molar-refractivity contribution in [3.05, 3.63) is 71.8 Å². The zero-order chi connectivity index (χ0) is 18.9. The lowest BCUT2D eigenvalue weighted by Crippen LogP contribution is -2.12. The van der Waals surface area contributed by atoms with E-state index in [9.17, 15) is 0 Å². The Labute approximate surface area is 165 Å². The summed E-state index contributed by atoms with van der Waals surface area (Å²) in [5.41, 5.74) is 5.36. The topological polar surface area (TPSA) is 9.23 Å². The molecule has 0 aliphatic heterocycles. The van der Waals surface area contributed by atoms with Gasteiger partial charge in [0.2, 0.25) is 0 Å². The van der Waals surface area contributed by atoms with Crippen LogP contribution >= 0.6 is 0 Å². The minimum absolute atomic E-state index is 0.712. The van der Waals surface area contributed by atoms with Crippen LogP contribution in [0.1, 0.15) is 69.4 Å². The minimum atomic E-state index is 0.712. The van der Waals surface area contributed by atoms with E-state index >= 15 is 0 Å². The lowest BCUT2D eigenvalue weighted by Gasteiger charge is -2.28. The first-order valence-corrected chi connectivity index (χ1v) is 10.7. The van der Waals surface area contributed by atoms with Crippen molar-refractivity contribution in [1.82, 2.24) is 0 Å². The van der Waals surface area contributed by atoms with Gasteiger partial charge in [-0.3, -0.25) is 0 Å². The van der Waals surface area contributed by atoms with Crippen molar-refractivity contribution in [2.45, 2.75) is 64.9 Å². The van der Waals surface area contributed by atoms with Gasteiger partial charge < -0.3 is 4.74 Å². The van der Waals surface area contributed by atoms with Crippen molar-refractivity contribution in [1.29, 1.82) is 0 Å². The summed E-state index contributed by atoms with van der Waals surface area (Å²) in [7, 11) is 0. The Morgan fingerprint density at radius 3 is 2.11 bits per heavy atom. The Morgan fingerprint density at radius 2 is 1.52 bits per heavy atom. The fourth-order valence-corrected chi connectivity index (χ4v) is 4.14. The molecule has 0 atom stereocenters. The van der Waals surface area contributed by atoms with E-state index in [1.54, 1.807) is 0 Å². The summed E-state index contributed by atoms with van der Waals surface area (Å²) in [6.07, 6.45) is 12.3. The van der Waals surface area contributed by atoms with Crippen molar-refractivity contribution in [3.8, 4) is 11.1 Å². The average molecular weight is 363 g/mol. The highest BCUT2D eigenvalue weighted by atomic mass is 16.5. The third kappa shape index (κ3) is 5.81. The van der Waals surface area contributed by atoms with Gasteiger partial charge in [0.1, 0.15) is 0 Å². The maximum Gasteiger partial charge on any atom is 0.0716 e. The Bertz CT molecular complexity index is 688. The van der Waals surface area contributed by atoms with Crippen LogP contribution in [0.3, 0.4) is 0 Å². The van der Waals surface area contributed by atoms with Gasteiger partial charge in [0.25, 0.3) is 0 Å². The predicted octanol–water partition coefficient (Wildman–Crippen LogP) is 7.52. The fourth-order valence-electron chi connectivity index (χ4n) is 4.14. The molecule has 1 fully saturated rings. The van der Waals surface area contributed by atoms with Crippen molar-refractivity contribution < 1.29 is 4.74 Å². The number of hydrogen-bond acceptors (Lipinski definition) is 1. The molecule has 1 heteroatoms. The molecule has 0 radical (unpaired) electrons. The zero-order valence-electron chi connectivity index (χ0n) is 17.0. The molecule has 1 nitrogen and oxygen atoms in total. The first-order valence-electron chi connectivity index (χ1n) is 10.7. The van der Waals surface area contributed by atoms with E-state index in [1.165, 1.54) is 54.4 Å². The van der Waals surface area contributed by atoms with E-state index in [1.807, 2.05) is 0 Å². The summed E-state index contributed by atoms with van der Waals surface area (Å²) in [5.74, 6) is 1.65. The number of ether oxygens (including phenoxy) is 1. The monoisotopic (exact) mass is 362 g/mol. The SMILES string of the molecule is C/C=C/CC1CCC(c2ccc(-c3ccc(COCCC)cc3)cc2)CC1. The van der Waals surface area contributed by atoms with Crippen LogP contribution in [0.4, 0.5) is 0 Å². The zero-order valence-corrected chi connectivity index (χ0v) is 17.0. The highest BCUT2D eigenvalue weighted by molar-refractivity contribution is 5.64. The Kier molecular flexibility index (Phi) is 7.71. The molecule has 0 unspecified atom stereocenters. The maximum absolute atomic E-state index is 5.62. The molecule has 0 spiro atoms. The first-order chi connectivity index (χ1) is 13.3. The summed E-state index contributed by atoms with van der Waals surface area (Å²) in [4.78, 5) is 0. The van der Waals surface area contributed by atoms with Crippen molar-refractivity contribution in [3.63, 3.8) is 0 Å². The number of rotatable bonds is 8.